The van der Waals surface area contributed by atoms with E-state index in [2.05, 4.69) is 37.6 Å². The molecule has 2 heterocycles. The topological polar surface area (TPSA) is 77.6 Å². The lowest BCUT2D eigenvalue weighted by Crippen LogP contribution is -2.47. The highest BCUT2D eigenvalue weighted by atomic mass is 35.5. The first-order valence-corrected chi connectivity index (χ1v) is 11.6. The van der Waals surface area contributed by atoms with Gasteiger partial charge in [0.2, 0.25) is 0 Å². The van der Waals surface area contributed by atoms with Gasteiger partial charge in [0, 0.05) is 54.5 Å². The van der Waals surface area contributed by atoms with Crippen LogP contribution >= 0.6 is 11.6 Å². The van der Waals surface area contributed by atoms with Crippen LogP contribution in [0.5, 0.6) is 0 Å². The van der Waals surface area contributed by atoms with Gasteiger partial charge in [0.05, 0.1) is 11.2 Å². The number of benzene rings is 2. The zero-order chi connectivity index (χ0) is 23.2. The van der Waals surface area contributed by atoms with Crippen LogP contribution in [0.25, 0.3) is 10.9 Å². The summed E-state index contributed by atoms with van der Waals surface area (Å²) < 4.78 is 0. The maximum absolute atomic E-state index is 12.4. The number of hydrogen-bond acceptors (Lipinski definition) is 5. The Kier molecular flexibility index (Phi) is 7.42. The van der Waals surface area contributed by atoms with Gasteiger partial charge >= 0.3 is 11.8 Å². The maximum Gasteiger partial charge on any atom is 0.313 e. The summed E-state index contributed by atoms with van der Waals surface area (Å²) >= 11 is 5.97. The average molecular weight is 466 g/mol. The van der Waals surface area contributed by atoms with Crippen molar-refractivity contribution in [3.05, 3.63) is 65.3 Å². The number of fused-ring (bicyclic) bond motifs is 1. The molecule has 0 unspecified atom stereocenters. The van der Waals surface area contributed by atoms with E-state index in [9.17, 15) is 9.59 Å². The molecule has 0 radical (unpaired) electrons. The van der Waals surface area contributed by atoms with Gasteiger partial charge in [-0.15, -0.1) is 0 Å². The smallest absolute Gasteiger partial charge is 0.313 e. The van der Waals surface area contributed by atoms with Gasteiger partial charge in [-0.25, -0.2) is 0 Å². The Bertz CT molecular complexity index is 1130. The van der Waals surface area contributed by atoms with Crippen LogP contribution in [0, 0.1) is 6.92 Å². The Labute approximate surface area is 198 Å². The zero-order valence-electron chi connectivity index (χ0n) is 18.7. The normalized spacial score (nSPS) is 14.3. The molecule has 1 aliphatic heterocycles. The molecule has 33 heavy (non-hydrogen) atoms. The summed E-state index contributed by atoms with van der Waals surface area (Å²) in [7, 11) is 0. The molecule has 7 nitrogen and oxygen atoms in total. The molecule has 172 valence electrons. The molecular weight excluding hydrogens is 438 g/mol. The predicted octanol–water partition coefficient (Wildman–Crippen LogP) is 3.46. The van der Waals surface area contributed by atoms with E-state index >= 15 is 0 Å². The van der Waals surface area contributed by atoms with Gasteiger partial charge in [-0.1, -0.05) is 29.8 Å². The zero-order valence-corrected chi connectivity index (χ0v) is 19.4. The van der Waals surface area contributed by atoms with Crippen molar-refractivity contribution in [2.75, 3.05) is 49.5 Å². The van der Waals surface area contributed by atoms with Gasteiger partial charge in [0.1, 0.15) is 0 Å². The number of hydrogen-bond donors (Lipinski definition) is 2. The van der Waals surface area contributed by atoms with E-state index in [1.165, 1.54) is 5.69 Å². The Morgan fingerprint density at radius 2 is 1.73 bits per heavy atom. The fourth-order valence-electron chi connectivity index (χ4n) is 4.06. The molecule has 1 aromatic heterocycles. The Morgan fingerprint density at radius 1 is 1.00 bits per heavy atom. The van der Waals surface area contributed by atoms with E-state index < -0.39 is 11.8 Å². The highest BCUT2D eigenvalue weighted by Crippen LogP contribution is 2.23. The second kappa shape index (κ2) is 10.6. The number of aromatic nitrogens is 1. The number of pyridine rings is 1. The van der Waals surface area contributed by atoms with Crippen molar-refractivity contribution in [1.82, 2.24) is 15.2 Å². The van der Waals surface area contributed by atoms with Gasteiger partial charge in [-0.3, -0.25) is 19.5 Å². The number of carbonyl (C=O) groups is 2. The van der Waals surface area contributed by atoms with Crippen LogP contribution in [-0.2, 0) is 9.59 Å². The number of piperazine rings is 1. The molecule has 1 saturated heterocycles. The minimum Gasteiger partial charge on any atom is -0.369 e. The molecule has 1 aliphatic rings. The van der Waals surface area contributed by atoms with E-state index in [0.717, 1.165) is 60.8 Å². The molecule has 1 fully saturated rings. The molecule has 0 spiro atoms. The number of carbonyl (C=O) groups excluding carboxylic acids is 2. The van der Waals surface area contributed by atoms with Gasteiger partial charge in [0.25, 0.3) is 0 Å². The summed E-state index contributed by atoms with van der Waals surface area (Å²) in [5.41, 5.74) is 3.34. The summed E-state index contributed by atoms with van der Waals surface area (Å²) in [5.74, 6) is -1.29. The fraction of sp³-hybridized carbons (Fsp3) is 0.320. The quantitative estimate of drug-likeness (QED) is 0.430. The van der Waals surface area contributed by atoms with E-state index in [4.69, 9.17) is 11.6 Å². The summed E-state index contributed by atoms with van der Waals surface area (Å²) in [6, 6.07) is 17.2. The van der Waals surface area contributed by atoms with Gasteiger partial charge in [-0.2, -0.15) is 0 Å². The number of anilines is 2. The minimum absolute atomic E-state index is 0.458. The number of halogens is 1. The molecule has 0 atom stereocenters. The fourth-order valence-corrected chi connectivity index (χ4v) is 4.18. The van der Waals surface area contributed by atoms with Crippen LogP contribution in [-0.4, -0.2) is 61.0 Å². The van der Waals surface area contributed by atoms with Crippen molar-refractivity contribution in [3.8, 4) is 0 Å². The SMILES string of the molecule is Cc1cc(NC(=O)C(=O)NCCCN2CCN(c3ccc(Cl)cc3)CC2)c2ccccc2n1. The van der Waals surface area contributed by atoms with Crippen LogP contribution < -0.4 is 15.5 Å². The van der Waals surface area contributed by atoms with Gasteiger partial charge in [-0.05, 0) is 56.3 Å². The first-order valence-electron chi connectivity index (χ1n) is 11.2. The number of rotatable bonds is 6. The van der Waals surface area contributed by atoms with Gasteiger partial charge in [0.15, 0.2) is 0 Å². The van der Waals surface area contributed by atoms with Crippen molar-refractivity contribution in [2.45, 2.75) is 13.3 Å². The molecular formula is C25H28ClN5O2. The third kappa shape index (κ3) is 6.00. The van der Waals surface area contributed by atoms with E-state index in [0.29, 0.717) is 12.2 Å². The van der Waals surface area contributed by atoms with Crippen LogP contribution in [0.4, 0.5) is 11.4 Å². The molecule has 0 saturated carbocycles. The van der Waals surface area contributed by atoms with Crippen molar-refractivity contribution in [1.29, 1.82) is 0 Å². The number of nitrogens with one attached hydrogen (secondary N) is 2. The van der Waals surface area contributed by atoms with E-state index in [-0.39, 0.29) is 0 Å². The lowest BCUT2D eigenvalue weighted by Gasteiger charge is -2.36. The molecule has 4 rings (SSSR count). The van der Waals surface area contributed by atoms with Crippen LogP contribution in [0.15, 0.2) is 54.6 Å². The summed E-state index contributed by atoms with van der Waals surface area (Å²) in [4.78, 5) is 33.8. The summed E-state index contributed by atoms with van der Waals surface area (Å²) in [6.07, 6.45) is 0.789. The lowest BCUT2D eigenvalue weighted by molar-refractivity contribution is -0.136. The molecule has 2 aromatic carbocycles. The van der Waals surface area contributed by atoms with E-state index in [1.54, 1.807) is 6.07 Å². The Balaban J connectivity index is 1.19. The van der Waals surface area contributed by atoms with Crippen molar-refractivity contribution >= 4 is 45.7 Å². The average Bonchev–Trinajstić information content (AvgIpc) is 2.82. The minimum atomic E-state index is -0.665. The maximum atomic E-state index is 12.4. The number of nitrogens with zero attached hydrogens (tertiary/aromatic N) is 3. The Morgan fingerprint density at radius 3 is 2.48 bits per heavy atom. The van der Waals surface area contributed by atoms with Crippen molar-refractivity contribution < 1.29 is 9.59 Å². The van der Waals surface area contributed by atoms with Crippen LogP contribution in [0.2, 0.25) is 5.02 Å². The molecule has 2 amide bonds. The highest BCUT2D eigenvalue weighted by molar-refractivity contribution is 6.40. The molecule has 0 bridgehead atoms. The second-order valence-electron chi connectivity index (χ2n) is 8.20. The van der Waals surface area contributed by atoms with Gasteiger partial charge < -0.3 is 15.5 Å². The highest BCUT2D eigenvalue weighted by Gasteiger charge is 2.18. The van der Waals surface area contributed by atoms with Crippen LogP contribution in [0.3, 0.4) is 0 Å². The molecule has 2 N–H and O–H groups in total. The van der Waals surface area contributed by atoms with Crippen LogP contribution in [0.1, 0.15) is 12.1 Å². The molecule has 0 aliphatic carbocycles. The summed E-state index contributed by atoms with van der Waals surface area (Å²) in [5, 5.41) is 7.01. The first kappa shape index (κ1) is 23.0. The number of amides is 2. The van der Waals surface area contributed by atoms with Crippen molar-refractivity contribution in [3.63, 3.8) is 0 Å². The molecule has 8 heteroatoms. The van der Waals surface area contributed by atoms with Crippen molar-refractivity contribution in [2.24, 2.45) is 0 Å². The lowest BCUT2D eigenvalue weighted by atomic mass is 10.1. The standard InChI is InChI=1S/C25H28ClN5O2/c1-18-17-23(21-5-2-3-6-22(21)28-18)29-25(33)24(32)27-11-4-12-30-13-15-31(16-14-30)20-9-7-19(26)8-10-20/h2-3,5-10,17H,4,11-16H2,1H3,(H,27,32)(H,28,29,33). The number of para-hydroxylation sites is 1. The largest absolute Gasteiger partial charge is 0.369 e. The Hall–Kier alpha value is -3.16. The number of aryl methyl sites for hydroxylation is 1. The first-order chi connectivity index (χ1) is 16.0. The second-order valence-corrected chi connectivity index (χ2v) is 8.63. The monoisotopic (exact) mass is 465 g/mol. The molecule has 3 aromatic rings. The van der Waals surface area contributed by atoms with E-state index in [1.807, 2.05) is 43.3 Å². The summed E-state index contributed by atoms with van der Waals surface area (Å²) in [6.45, 7) is 7.03. The predicted molar refractivity (Wildman–Crippen MR) is 133 cm³/mol. The third-order valence-corrected chi connectivity index (χ3v) is 6.05. The third-order valence-electron chi connectivity index (χ3n) is 5.80.